The summed E-state index contributed by atoms with van der Waals surface area (Å²) in [7, 11) is 0. The molecule has 0 aromatic heterocycles. The van der Waals surface area contributed by atoms with Gasteiger partial charge in [-0.2, -0.15) is 0 Å². The molecule has 0 rings (SSSR count). The highest BCUT2D eigenvalue weighted by atomic mass is 16.6. The van der Waals surface area contributed by atoms with E-state index in [4.69, 9.17) is 14.2 Å². The number of carbonyl (C=O) groups is 3. The van der Waals surface area contributed by atoms with Crippen molar-refractivity contribution in [1.29, 1.82) is 0 Å². The minimum atomic E-state index is -0.762. The van der Waals surface area contributed by atoms with Crippen LogP contribution in [-0.4, -0.2) is 37.2 Å². The number of hydrogen-bond donors (Lipinski definition) is 0. The molecule has 0 amide bonds. The summed E-state index contributed by atoms with van der Waals surface area (Å²) in [5.41, 5.74) is 0. The molecule has 0 bridgehead atoms. The van der Waals surface area contributed by atoms with Gasteiger partial charge in [-0.15, -0.1) is 0 Å². The minimum absolute atomic E-state index is 0.0667. The summed E-state index contributed by atoms with van der Waals surface area (Å²) >= 11 is 0. The Morgan fingerprint density at radius 1 is 0.377 bits per heavy atom. The van der Waals surface area contributed by atoms with Crippen molar-refractivity contribution in [1.82, 2.24) is 0 Å². The predicted molar refractivity (Wildman–Crippen MR) is 224 cm³/mol. The van der Waals surface area contributed by atoms with Crippen LogP contribution in [0.15, 0.2) is 0 Å². The van der Waals surface area contributed by atoms with E-state index in [1.54, 1.807) is 0 Å². The summed E-state index contributed by atoms with van der Waals surface area (Å²) < 4.78 is 16.7. The fraction of sp³-hybridized carbons (Fsp3) is 0.936. The summed E-state index contributed by atoms with van der Waals surface area (Å²) in [5, 5.41) is 0. The standard InChI is InChI=1S/C47H90O6/c1-7-43(6)35-29-23-17-10-8-9-11-18-24-30-36-45(48)51-39-44(53-47(50)38-32-26-20-14-16-22-28-34-42(4)5)40-52-46(49)37-31-25-19-13-12-15-21-27-33-41(2)3/h41-44H,7-40H2,1-6H3/t43?,44-/m1/s1. The van der Waals surface area contributed by atoms with Crippen LogP contribution in [0.3, 0.4) is 0 Å². The molecule has 0 N–H and O–H groups in total. The van der Waals surface area contributed by atoms with Crippen molar-refractivity contribution in [2.75, 3.05) is 13.2 Å². The molecule has 0 saturated carbocycles. The van der Waals surface area contributed by atoms with Gasteiger partial charge in [-0.1, -0.05) is 208 Å². The first-order valence-electron chi connectivity index (χ1n) is 23.1. The zero-order valence-electron chi connectivity index (χ0n) is 36.3. The molecule has 53 heavy (non-hydrogen) atoms. The number of esters is 3. The molecule has 0 heterocycles. The van der Waals surface area contributed by atoms with E-state index in [1.807, 2.05) is 0 Å². The first-order valence-corrected chi connectivity index (χ1v) is 23.1. The number of ether oxygens (including phenoxy) is 3. The molecule has 0 saturated heterocycles. The Kier molecular flexibility index (Phi) is 37.5. The Hall–Kier alpha value is -1.59. The number of carbonyl (C=O) groups excluding carboxylic acids is 3. The van der Waals surface area contributed by atoms with Crippen molar-refractivity contribution < 1.29 is 28.6 Å². The molecule has 1 unspecified atom stereocenters. The average molecular weight is 751 g/mol. The van der Waals surface area contributed by atoms with Gasteiger partial charge >= 0.3 is 17.9 Å². The predicted octanol–water partition coefficient (Wildman–Crippen LogP) is 14.4. The zero-order chi connectivity index (χ0) is 39.2. The van der Waals surface area contributed by atoms with Gasteiger partial charge in [-0.05, 0) is 37.0 Å². The van der Waals surface area contributed by atoms with Gasteiger partial charge in [0, 0.05) is 19.3 Å². The maximum Gasteiger partial charge on any atom is 0.306 e. The van der Waals surface area contributed by atoms with E-state index < -0.39 is 6.10 Å². The molecule has 0 aliphatic rings. The molecule has 0 aliphatic heterocycles. The van der Waals surface area contributed by atoms with Crippen LogP contribution in [0.2, 0.25) is 0 Å². The van der Waals surface area contributed by atoms with Crippen molar-refractivity contribution >= 4 is 17.9 Å². The number of rotatable bonds is 40. The molecule has 0 fully saturated rings. The summed E-state index contributed by atoms with van der Waals surface area (Å²) in [6, 6.07) is 0. The highest BCUT2D eigenvalue weighted by Crippen LogP contribution is 2.17. The third-order valence-corrected chi connectivity index (χ3v) is 10.8. The van der Waals surface area contributed by atoms with Gasteiger partial charge in [-0.25, -0.2) is 0 Å². The van der Waals surface area contributed by atoms with Crippen molar-refractivity contribution in [2.45, 2.75) is 253 Å². The third kappa shape index (κ3) is 39.9. The Balaban J connectivity index is 4.33. The lowest BCUT2D eigenvalue weighted by molar-refractivity contribution is -0.167. The third-order valence-electron chi connectivity index (χ3n) is 10.8. The van der Waals surface area contributed by atoms with Crippen LogP contribution in [-0.2, 0) is 28.6 Å². The van der Waals surface area contributed by atoms with Crippen LogP contribution in [0.1, 0.15) is 247 Å². The lowest BCUT2D eigenvalue weighted by Gasteiger charge is -2.18. The minimum Gasteiger partial charge on any atom is -0.462 e. The summed E-state index contributed by atoms with van der Waals surface area (Å²) in [6.07, 6.45) is 35.2. The summed E-state index contributed by atoms with van der Waals surface area (Å²) in [4.78, 5) is 37.7. The summed E-state index contributed by atoms with van der Waals surface area (Å²) in [5.74, 6) is 1.58. The van der Waals surface area contributed by atoms with Crippen molar-refractivity contribution in [3.63, 3.8) is 0 Å². The van der Waals surface area contributed by atoms with E-state index in [1.165, 1.54) is 128 Å². The van der Waals surface area contributed by atoms with Crippen LogP contribution in [0.5, 0.6) is 0 Å². The van der Waals surface area contributed by atoms with E-state index in [-0.39, 0.29) is 31.1 Å². The van der Waals surface area contributed by atoms with Gasteiger partial charge < -0.3 is 14.2 Å². The quantitative estimate of drug-likeness (QED) is 0.0352. The second kappa shape index (κ2) is 38.7. The number of hydrogen-bond acceptors (Lipinski definition) is 6. The fourth-order valence-electron chi connectivity index (χ4n) is 6.85. The molecular formula is C47H90O6. The van der Waals surface area contributed by atoms with Crippen LogP contribution < -0.4 is 0 Å². The zero-order valence-corrected chi connectivity index (χ0v) is 36.3. The monoisotopic (exact) mass is 751 g/mol. The van der Waals surface area contributed by atoms with Gasteiger partial charge in [0.1, 0.15) is 13.2 Å². The Morgan fingerprint density at radius 3 is 0.981 bits per heavy atom. The van der Waals surface area contributed by atoms with Crippen LogP contribution in [0, 0.1) is 17.8 Å². The lowest BCUT2D eigenvalue weighted by atomic mass is 9.99. The second-order valence-electron chi connectivity index (χ2n) is 17.2. The van der Waals surface area contributed by atoms with Crippen LogP contribution in [0.25, 0.3) is 0 Å². The van der Waals surface area contributed by atoms with E-state index >= 15 is 0 Å². The molecule has 6 heteroatoms. The molecule has 0 aromatic carbocycles. The normalized spacial score (nSPS) is 12.7. The van der Waals surface area contributed by atoms with Crippen LogP contribution >= 0.6 is 0 Å². The van der Waals surface area contributed by atoms with Gasteiger partial charge in [0.2, 0.25) is 0 Å². The highest BCUT2D eigenvalue weighted by Gasteiger charge is 2.19. The summed E-state index contributed by atoms with van der Waals surface area (Å²) in [6.45, 7) is 13.6. The Bertz CT molecular complexity index is 824. The van der Waals surface area contributed by atoms with E-state index in [9.17, 15) is 14.4 Å². The molecule has 314 valence electrons. The molecule has 0 spiro atoms. The maximum absolute atomic E-state index is 12.7. The Labute approximate surface area is 329 Å². The van der Waals surface area contributed by atoms with E-state index in [2.05, 4.69) is 41.5 Å². The Morgan fingerprint density at radius 2 is 0.660 bits per heavy atom. The van der Waals surface area contributed by atoms with Crippen molar-refractivity contribution in [2.24, 2.45) is 17.8 Å². The van der Waals surface area contributed by atoms with E-state index in [0.29, 0.717) is 19.3 Å². The first kappa shape index (κ1) is 51.4. The maximum atomic E-state index is 12.7. The highest BCUT2D eigenvalue weighted by molar-refractivity contribution is 5.71. The smallest absolute Gasteiger partial charge is 0.306 e. The average Bonchev–Trinajstić information content (AvgIpc) is 3.12. The van der Waals surface area contributed by atoms with Gasteiger partial charge in [0.15, 0.2) is 6.10 Å². The largest absolute Gasteiger partial charge is 0.462 e. The molecular weight excluding hydrogens is 661 g/mol. The van der Waals surface area contributed by atoms with Gasteiger partial charge in [0.05, 0.1) is 0 Å². The SMILES string of the molecule is CCC(C)CCCCCCCCCCCCC(=O)OC[C@H](COC(=O)CCCCCCCCCCC(C)C)OC(=O)CCCCCCCCCC(C)C. The molecule has 0 radical (unpaired) electrons. The molecule has 0 aliphatic carbocycles. The van der Waals surface area contributed by atoms with E-state index in [0.717, 1.165) is 75.5 Å². The van der Waals surface area contributed by atoms with Gasteiger partial charge in [-0.3, -0.25) is 14.4 Å². The van der Waals surface area contributed by atoms with Crippen molar-refractivity contribution in [3.05, 3.63) is 0 Å². The number of unbranched alkanes of at least 4 members (excludes halogenated alkanes) is 22. The van der Waals surface area contributed by atoms with Crippen LogP contribution in [0.4, 0.5) is 0 Å². The fourth-order valence-corrected chi connectivity index (χ4v) is 6.85. The lowest BCUT2D eigenvalue weighted by Crippen LogP contribution is -2.30. The second-order valence-corrected chi connectivity index (χ2v) is 17.2. The van der Waals surface area contributed by atoms with Gasteiger partial charge in [0.25, 0.3) is 0 Å². The molecule has 6 nitrogen and oxygen atoms in total. The van der Waals surface area contributed by atoms with Crippen molar-refractivity contribution in [3.8, 4) is 0 Å². The molecule has 0 aromatic rings. The molecule has 2 atom stereocenters. The topological polar surface area (TPSA) is 78.9 Å². The first-order chi connectivity index (χ1) is 25.6.